The van der Waals surface area contributed by atoms with E-state index in [0.717, 1.165) is 0 Å². The summed E-state index contributed by atoms with van der Waals surface area (Å²) in [7, 11) is 0. The van der Waals surface area contributed by atoms with Crippen molar-refractivity contribution in [2.24, 2.45) is 4.99 Å². The summed E-state index contributed by atoms with van der Waals surface area (Å²) in [6.45, 7) is 1.76. The van der Waals surface area contributed by atoms with Gasteiger partial charge in [-0.25, -0.2) is 9.38 Å². The van der Waals surface area contributed by atoms with Crippen molar-refractivity contribution in [2.75, 3.05) is 13.1 Å². The molecule has 1 aromatic rings. The molecule has 9 heteroatoms. The molecule has 0 spiro atoms. The van der Waals surface area contributed by atoms with Crippen LogP contribution in [0.1, 0.15) is 24.5 Å². The third-order valence-corrected chi connectivity index (χ3v) is 2.75. The minimum absolute atomic E-state index is 0. The predicted octanol–water partition coefficient (Wildman–Crippen LogP) is 2.94. The lowest BCUT2D eigenvalue weighted by Crippen LogP contribution is -2.38. The van der Waals surface area contributed by atoms with Crippen molar-refractivity contribution < 1.29 is 22.7 Å². The van der Waals surface area contributed by atoms with Crippen molar-refractivity contribution in [3.8, 4) is 0 Å². The topological polar surface area (TPSA) is 56.7 Å². The fourth-order valence-electron chi connectivity index (χ4n) is 1.68. The Balaban J connectivity index is 0.00000484. The average molecular weight is 449 g/mol. The number of nitrogens with one attached hydrogen (secondary N) is 2. The first-order valence-electron chi connectivity index (χ1n) is 6.82. The number of hydrogen-bond donors (Lipinski definition) is 3. The van der Waals surface area contributed by atoms with Gasteiger partial charge in [0.1, 0.15) is 5.82 Å². The number of hydrogen-bond acceptors (Lipinski definition) is 2. The zero-order valence-corrected chi connectivity index (χ0v) is 14.9. The van der Waals surface area contributed by atoms with Crippen LogP contribution in [0.4, 0.5) is 17.6 Å². The number of aliphatic hydroxyl groups excluding tert-OH is 1. The van der Waals surface area contributed by atoms with E-state index >= 15 is 0 Å². The second-order valence-corrected chi connectivity index (χ2v) is 4.57. The number of alkyl halides is 3. The van der Waals surface area contributed by atoms with Crippen LogP contribution in [0.25, 0.3) is 0 Å². The molecule has 0 aromatic heterocycles. The lowest BCUT2D eigenvalue weighted by molar-refractivity contribution is -0.132. The molecule has 0 aliphatic rings. The van der Waals surface area contributed by atoms with E-state index in [2.05, 4.69) is 15.6 Å². The molecule has 3 N–H and O–H groups in total. The maximum atomic E-state index is 13.2. The monoisotopic (exact) mass is 449 g/mol. The van der Waals surface area contributed by atoms with Crippen LogP contribution in [0, 0.1) is 5.82 Å². The Labute approximate surface area is 149 Å². The molecule has 0 radical (unpaired) electrons. The molecule has 0 saturated carbocycles. The molecule has 0 saturated heterocycles. The highest BCUT2D eigenvalue weighted by Crippen LogP contribution is 2.18. The Hall–Kier alpha value is -1.10. The van der Waals surface area contributed by atoms with E-state index < -0.39 is 25.0 Å². The summed E-state index contributed by atoms with van der Waals surface area (Å²) in [6.07, 6.45) is -5.18. The summed E-state index contributed by atoms with van der Waals surface area (Å²) >= 11 is 0. The van der Waals surface area contributed by atoms with Gasteiger partial charge < -0.3 is 15.7 Å². The summed E-state index contributed by atoms with van der Waals surface area (Å²) < 4.78 is 49.6. The van der Waals surface area contributed by atoms with Gasteiger partial charge in [0.25, 0.3) is 0 Å². The molecule has 0 fully saturated rings. The molecule has 132 valence electrons. The van der Waals surface area contributed by atoms with Crippen molar-refractivity contribution in [3.05, 3.63) is 35.1 Å². The summed E-state index contributed by atoms with van der Waals surface area (Å²) in [4.78, 5) is 4.13. The standard InChI is InChI=1S/C14H19F4N3O.HI/c1-2-19-13(20-6-5-14(16,17)18)21-8-10-3-4-12(15)11(7-10)9-22;/h3-4,7,22H,2,5-6,8-9H2,1H3,(H2,19,20,21);1H. The highest BCUT2D eigenvalue weighted by atomic mass is 127. The first-order chi connectivity index (χ1) is 10.4. The number of aliphatic hydroxyl groups is 1. The first-order valence-corrected chi connectivity index (χ1v) is 6.82. The SMILES string of the molecule is CCNC(=NCc1ccc(F)c(CO)c1)NCCC(F)(F)F.I. The van der Waals surface area contributed by atoms with Crippen molar-refractivity contribution in [3.63, 3.8) is 0 Å². The molecule has 0 amide bonds. The Bertz CT molecular complexity index is 509. The van der Waals surface area contributed by atoms with Gasteiger partial charge >= 0.3 is 6.18 Å². The zero-order valence-electron chi connectivity index (χ0n) is 12.6. The molecule has 0 heterocycles. The third-order valence-electron chi connectivity index (χ3n) is 2.75. The van der Waals surface area contributed by atoms with E-state index in [9.17, 15) is 17.6 Å². The predicted molar refractivity (Wildman–Crippen MR) is 91.2 cm³/mol. The highest BCUT2D eigenvalue weighted by Gasteiger charge is 2.26. The van der Waals surface area contributed by atoms with Gasteiger partial charge in [-0.2, -0.15) is 13.2 Å². The van der Waals surface area contributed by atoms with E-state index in [1.165, 1.54) is 18.2 Å². The Morgan fingerprint density at radius 2 is 1.96 bits per heavy atom. The maximum absolute atomic E-state index is 13.2. The van der Waals surface area contributed by atoms with Crippen molar-refractivity contribution in [1.29, 1.82) is 0 Å². The molecular weight excluding hydrogens is 429 g/mol. The van der Waals surface area contributed by atoms with Gasteiger partial charge in [0, 0.05) is 18.7 Å². The van der Waals surface area contributed by atoms with E-state index in [4.69, 9.17) is 5.11 Å². The Morgan fingerprint density at radius 3 is 2.52 bits per heavy atom. The normalized spacial score (nSPS) is 11.8. The molecule has 1 rings (SSSR count). The van der Waals surface area contributed by atoms with Crippen molar-refractivity contribution >= 4 is 29.9 Å². The van der Waals surface area contributed by atoms with Crippen LogP contribution in [-0.4, -0.2) is 30.3 Å². The summed E-state index contributed by atoms with van der Waals surface area (Å²) in [5.74, 6) is -0.257. The molecular formula is C14H20F4IN3O. The van der Waals surface area contributed by atoms with Crippen molar-refractivity contribution in [1.82, 2.24) is 10.6 Å². The molecule has 23 heavy (non-hydrogen) atoms. The van der Waals surface area contributed by atoms with Gasteiger partial charge in [-0.1, -0.05) is 6.07 Å². The molecule has 0 aliphatic carbocycles. The molecule has 0 aliphatic heterocycles. The fourth-order valence-corrected chi connectivity index (χ4v) is 1.68. The van der Waals surface area contributed by atoms with Crippen LogP contribution in [0.2, 0.25) is 0 Å². The second-order valence-electron chi connectivity index (χ2n) is 4.57. The van der Waals surface area contributed by atoms with Gasteiger partial charge in [-0.05, 0) is 24.6 Å². The fraction of sp³-hybridized carbons (Fsp3) is 0.500. The van der Waals surface area contributed by atoms with Crippen LogP contribution in [0.5, 0.6) is 0 Å². The minimum Gasteiger partial charge on any atom is -0.392 e. The van der Waals surface area contributed by atoms with Crippen LogP contribution < -0.4 is 10.6 Å². The Kier molecular flexibility index (Phi) is 10.1. The quantitative estimate of drug-likeness (QED) is 0.271. The lowest BCUT2D eigenvalue weighted by Gasteiger charge is -2.12. The minimum atomic E-state index is -4.22. The van der Waals surface area contributed by atoms with E-state index in [-0.39, 0.29) is 48.6 Å². The van der Waals surface area contributed by atoms with Gasteiger partial charge in [0.05, 0.1) is 19.6 Å². The summed E-state index contributed by atoms with van der Waals surface area (Å²) in [5, 5.41) is 14.4. The molecule has 0 unspecified atom stereocenters. The van der Waals surface area contributed by atoms with Crippen LogP contribution in [-0.2, 0) is 13.2 Å². The van der Waals surface area contributed by atoms with Gasteiger partial charge in [0.15, 0.2) is 5.96 Å². The third kappa shape index (κ3) is 8.94. The first kappa shape index (κ1) is 21.9. The van der Waals surface area contributed by atoms with Crippen molar-refractivity contribution in [2.45, 2.75) is 32.7 Å². The van der Waals surface area contributed by atoms with E-state index in [0.29, 0.717) is 12.1 Å². The number of benzene rings is 1. The average Bonchev–Trinajstić information content (AvgIpc) is 2.44. The molecule has 0 atom stereocenters. The Morgan fingerprint density at radius 1 is 1.26 bits per heavy atom. The molecule has 4 nitrogen and oxygen atoms in total. The highest BCUT2D eigenvalue weighted by molar-refractivity contribution is 14.0. The van der Waals surface area contributed by atoms with Crippen LogP contribution in [0.3, 0.4) is 0 Å². The second kappa shape index (κ2) is 10.6. The van der Waals surface area contributed by atoms with E-state index in [1.54, 1.807) is 6.92 Å². The molecule has 1 aromatic carbocycles. The number of rotatable bonds is 6. The van der Waals surface area contributed by atoms with Gasteiger partial charge in [-0.15, -0.1) is 24.0 Å². The number of guanidine groups is 1. The van der Waals surface area contributed by atoms with E-state index in [1.807, 2.05) is 0 Å². The maximum Gasteiger partial charge on any atom is 0.390 e. The number of halogens is 5. The van der Waals surface area contributed by atoms with Gasteiger partial charge in [-0.3, -0.25) is 0 Å². The van der Waals surface area contributed by atoms with Crippen LogP contribution >= 0.6 is 24.0 Å². The number of nitrogens with zero attached hydrogens (tertiary/aromatic N) is 1. The lowest BCUT2D eigenvalue weighted by atomic mass is 10.1. The zero-order chi connectivity index (χ0) is 16.6. The van der Waals surface area contributed by atoms with Gasteiger partial charge in [0.2, 0.25) is 0 Å². The summed E-state index contributed by atoms with van der Waals surface area (Å²) in [5.41, 5.74) is 0.807. The van der Waals surface area contributed by atoms with Crippen LogP contribution in [0.15, 0.2) is 23.2 Å². The summed E-state index contributed by atoms with van der Waals surface area (Å²) in [6, 6.07) is 4.20. The smallest absolute Gasteiger partial charge is 0.390 e. The molecule has 0 bridgehead atoms. The largest absolute Gasteiger partial charge is 0.392 e. The number of aliphatic imine (C=N–C) groups is 1.